The molecule has 0 aromatic heterocycles. The van der Waals surface area contributed by atoms with Crippen molar-refractivity contribution in [2.75, 3.05) is 6.54 Å². The van der Waals surface area contributed by atoms with Crippen LogP contribution < -0.4 is 0 Å². The maximum Gasteiger partial charge on any atom is 0.254 e. The van der Waals surface area contributed by atoms with Crippen LogP contribution in [-0.2, 0) is 6.42 Å². The molecule has 3 heteroatoms. The molecule has 1 amide bonds. The lowest BCUT2D eigenvalue weighted by atomic mass is 9.66. The van der Waals surface area contributed by atoms with E-state index < -0.39 is 0 Å². The summed E-state index contributed by atoms with van der Waals surface area (Å²) in [6, 6.07) is 6.98. The third kappa shape index (κ3) is 2.33. The first-order valence-electron chi connectivity index (χ1n) is 9.24. The van der Waals surface area contributed by atoms with Gasteiger partial charge in [0.2, 0.25) is 0 Å². The third-order valence-corrected chi connectivity index (χ3v) is 6.92. The first-order chi connectivity index (χ1) is 10.8. The minimum absolute atomic E-state index is 0. The third-order valence-electron chi connectivity index (χ3n) is 6.92. The second-order valence-corrected chi connectivity index (χ2v) is 8.01. The minimum Gasteiger partial charge on any atom is -0.335 e. The van der Waals surface area contributed by atoms with Crippen LogP contribution in [0, 0.1) is 11.8 Å². The molecular formula is C20H26ClNO. The predicted molar refractivity (Wildman–Crippen MR) is 94.3 cm³/mol. The average Bonchev–Trinajstić information content (AvgIpc) is 2.59. The van der Waals surface area contributed by atoms with Gasteiger partial charge in [-0.05, 0) is 67.6 Å². The number of hydrogen-bond acceptors (Lipinski definition) is 1. The summed E-state index contributed by atoms with van der Waals surface area (Å²) in [6.45, 7) is 0.997. The van der Waals surface area contributed by atoms with Gasteiger partial charge in [0.25, 0.3) is 5.91 Å². The Bertz CT molecular complexity index is 620. The molecule has 0 N–H and O–H groups in total. The van der Waals surface area contributed by atoms with E-state index in [4.69, 9.17) is 0 Å². The van der Waals surface area contributed by atoms with Gasteiger partial charge in [-0.3, -0.25) is 4.79 Å². The Balaban J connectivity index is 0.00000135. The van der Waals surface area contributed by atoms with Crippen molar-refractivity contribution in [2.45, 2.75) is 63.3 Å². The molecule has 2 nitrogen and oxygen atoms in total. The number of nitrogens with zero attached hydrogens (tertiary/aromatic N) is 1. The molecule has 3 fully saturated rings. The quantitative estimate of drug-likeness (QED) is 0.738. The zero-order valence-corrected chi connectivity index (χ0v) is 14.5. The number of aryl methyl sites for hydroxylation is 1. The number of amides is 1. The van der Waals surface area contributed by atoms with E-state index in [0.717, 1.165) is 23.9 Å². The van der Waals surface area contributed by atoms with Gasteiger partial charge in [-0.15, -0.1) is 12.4 Å². The van der Waals surface area contributed by atoms with E-state index in [-0.39, 0.29) is 12.4 Å². The Morgan fingerprint density at radius 1 is 1.04 bits per heavy atom. The summed E-state index contributed by atoms with van der Waals surface area (Å²) < 4.78 is 0. The molecule has 23 heavy (non-hydrogen) atoms. The Morgan fingerprint density at radius 2 is 1.87 bits per heavy atom. The van der Waals surface area contributed by atoms with Crippen LogP contribution in [0.5, 0.6) is 0 Å². The highest BCUT2D eigenvalue weighted by atomic mass is 35.5. The highest BCUT2D eigenvalue weighted by Gasteiger charge is 2.44. The van der Waals surface area contributed by atoms with Crippen LogP contribution in [0.2, 0.25) is 0 Å². The number of fused-ring (bicyclic) bond motifs is 3. The summed E-state index contributed by atoms with van der Waals surface area (Å²) >= 11 is 0. The fourth-order valence-electron chi connectivity index (χ4n) is 5.85. The van der Waals surface area contributed by atoms with Crippen LogP contribution in [0.3, 0.4) is 0 Å². The first-order valence-corrected chi connectivity index (χ1v) is 9.24. The summed E-state index contributed by atoms with van der Waals surface area (Å²) in [4.78, 5) is 15.5. The molecule has 0 spiro atoms. The molecule has 1 heterocycles. The van der Waals surface area contributed by atoms with Gasteiger partial charge < -0.3 is 4.90 Å². The maximum absolute atomic E-state index is 13.2. The van der Waals surface area contributed by atoms with Crippen LogP contribution >= 0.6 is 12.4 Å². The molecule has 5 aliphatic rings. The van der Waals surface area contributed by atoms with Gasteiger partial charge in [-0.2, -0.15) is 0 Å². The van der Waals surface area contributed by atoms with Crippen LogP contribution in [0.1, 0.15) is 72.3 Å². The molecule has 2 atom stereocenters. The molecule has 1 aliphatic heterocycles. The molecule has 0 unspecified atom stereocenters. The van der Waals surface area contributed by atoms with Crippen LogP contribution in [0.4, 0.5) is 0 Å². The van der Waals surface area contributed by atoms with Gasteiger partial charge in [-0.1, -0.05) is 25.0 Å². The van der Waals surface area contributed by atoms with Gasteiger partial charge in [0.1, 0.15) is 0 Å². The Morgan fingerprint density at radius 3 is 2.61 bits per heavy atom. The van der Waals surface area contributed by atoms with Crippen molar-refractivity contribution < 1.29 is 4.79 Å². The zero-order chi connectivity index (χ0) is 14.7. The standard InChI is InChI=1S/C20H25NO.ClH/c22-20-17-6-2-4-15-3-1-5-16(19(15)17)12-21(20)18-11-13-7-9-14(18)10-8-13;/h2,4,6,13-14,16,18H,1,3,5,7-12H2;1H/t13?,14?,16-,18-;/m1./s1. The smallest absolute Gasteiger partial charge is 0.254 e. The average molecular weight is 332 g/mol. The van der Waals surface area contributed by atoms with Crippen molar-refractivity contribution in [3.05, 3.63) is 34.9 Å². The van der Waals surface area contributed by atoms with Crippen LogP contribution in [0.15, 0.2) is 18.2 Å². The molecule has 4 aliphatic carbocycles. The monoisotopic (exact) mass is 331 g/mol. The minimum atomic E-state index is 0. The lowest BCUT2D eigenvalue weighted by molar-refractivity contribution is 0.0210. The van der Waals surface area contributed by atoms with E-state index in [1.807, 2.05) is 0 Å². The van der Waals surface area contributed by atoms with Crippen LogP contribution in [-0.4, -0.2) is 23.4 Å². The van der Waals surface area contributed by atoms with Gasteiger partial charge >= 0.3 is 0 Å². The van der Waals surface area contributed by atoms with Gasteiger partial charge in [0.15, 0.2) is 0 Å². The number of benzene rings is 1. The second kappa shape index (κ2) is 5.81. The normalized spacial score (nSPS) is 34.8. The highest BCUT2D eigenvalue weighted by Crippen LogP contribution is 2.46. The molecule has 0 saturated heterocycles. The number of rotatable bonds is 1. The number of carbonyl (C=O) groups excluding carboxylic acids is 1. The molecule has 1 aromatic carbocycles. The van der Waals surface area contributed by atoms with Crippen molar-refractivity contribution in [3.8, 4) is 0 Å². The summed E-state index contributed by atoms with van der Waals surface area (Å²) in [6.07, 6.45) is 10.5. The molecular weight excluding hydrogens is 306 g/mol. The van der Waals surface area contributed by atoms with E-state index in [2.05, 4.69) is 23.1 Å². The lowest BCUT2D eigenvalue weighted by Gasteiger charge is -2.50. The van der Waals surface area contributed by atoms with Crippen molar-refractivity contribution in [1.29, 1.82) is 0 Å². The Hall–Kier alpha value is -1.02. The topological polar surface area (TPSA) is 20.3 Å². The number of hydrogen-bond donors (Lipinski definition) is 0. The molecule has 3 saturated carbocycles. The largest absolute Gasteiger partial charge is 0.335 e. The Labute approximate surface area is 145 Å². The van der Waals surface area contributed by atoms with Gasteiger partial charge in [0, 0.05) is 24.1 Å². The molecule has 2 bridgehead atoms. The number of carbonyl (C=O) groups is 1. The second-order valence-electron chi connectivity index (χ2n) is 8.01. The molecule has 6 rings (SSSR count). The van der Waals surface area contributed by atoms with E-state index in [0.29, 0.717) is 17.9 Å². The maximum atomic E-state index is 13.2. The fraction of sp³-hybridized carbons (Fsp3) is 0.650. The fourth-order valence-corrected chi connectivity index (χ4v) is 5.85. The summed E-state index contributed by atoms with van der Waals surface area (Å²) in [5.74, 6) is 2.62. The predicted octanol–water partition coefficient (Wildman–Crippen LogP) is 4.56. The molecule has 0 radical (unpaired) electrons. The van der Waals surface area contributed by atoms with Crippen molar-refractivity contribution in [3.63, 3.8) is 0 Å². The Kier molecular flexibility index (Phi) is 3.91. The van der Waals surface area contributed by atoms with E-state index in [1.54, 1.807) is 0 Å². The summed E-state index contributed by atoms with van der Waals surface area (Å²) in [5, 5.41) is 0. The highest BCUT2D eigenvalue weighted by molar-refractivity contribution is 5.97. The van der Waals surface area contributed by atoms with Crippen molar-refractivity contribution >= 4 is 18.3 Å². The van der Waals surface area contributed by atoms with Crippen molar-refractivity contribution in [1.82, 2.24) is 4.90 Å². The van der Waals surface area contributed by atoms with Gasteiger partial charge in [-0.25, -0.2) is 0 Å². The van der Waals surface area contributed by atoms with Gasteiger partial charge in [0.05, 0.1) is 0 Å². The van der Waals surface area contributed by atoms with E-state index >= 15 is 0 Å². The number of halogens is 1. The SMILES string of the molecule is Cl.O=C1c2cccc3c2[C@H](CCC3)CN1[C@@H]1CC2CCC1CC2. The molecule has 1 aromatic rings. The summed E-state index contributed by atoms with van der Waals surface area (Å²) in [7, 11) is 0. The van der Waals surface area contributed by atoms with E-state index in [1.165, 1.54) is 62.5 Å². The summed E-state index contributed by atoms with van der Waals surface area (Å²) in [5.41, 5.74) is 3.90. The van der Waals surface area contributed by atoms with Crippen molar-refractivity contribution in [2.24, 2.45) is 11.8 Å². The van der Waals surface area contributed by atoms with Crippen LogP contribution in [0.25, 0.3) is 0 Å². The lowest BCUT2D eigenvalue weighted by Crippen LogP contribution is -2.53. The zero-order valence-electron chi connectivity index (χ0n) is 13.7. The first kappa shape index (κ1) is 15.5. The van der Waals surface area contributed by atoms with E-state index in [9.17, 15) is 4.79 Å². The molecule has 124 valence electrons.